The topological polar surface area (TPSA) is 0 Å². The van der Waals surface area contributed by atoms with E-state index in [2.05, 4.69) is 9.19 Å². The van der Waals surface area contributed by atoms with E-state index in [4.69, 9.17) is 0 Å². The van der Waals surface area contributed by atoms with Crippen LogP contribution in [0.5, 0.6) is 0 Å². The standard InChI is InChI=1S/As.Cu.S.Sb. The zero-order chi connectivity index (χ0) is 2.00. The molecule has 0 aliphatic rings. The molecule has 5 radical (unpaired) electrons. The minimum absolute atomic E-state index is 0. The van der Waals surface area contributed by atoms with Gasteiger partial charge in [0, 0.05) is 35.0 Å². The van der Waals surface area contributed by atoms with Crippen LogP contribution in [-0.4, -0.2) is 39.0 Å². The summed E-state index contributed by atoms with van der Waals surface area (Å²) in [7, 11) is 4.13. The van der Waals surface area contributed by atoms with E-state index in [0.717, 1.165) is 0 Å². The van der Waals surface area contributed by atoms with Crippen LogP contribution in [0.25, 0.3) is 0 Å². The molecule has 0 aromatic rings. The van der Waals surface area contributed by atoms with Crippen molar-refractivity contribution < 1.29 is 17.1 Å². The summed E-state index contributed by atoms with van der Waals surface area (Å²) in [5.41, 5.74) is 0. The SMILES string of the molecule is [As].[Cu].[S]=[Sb]. The molecule has 0 aliphatic heterocycles. The summed E-state index contributed by atoms with van der Waals surface area (Å²) in [6.45, 7) is 0. The Morgan fingerprint density at radius 3 is 1.25 bits per heavy atom. The Bertz CT molecular complexity index is 8.00. The van der Waals surface area contributed by atoms with E-state index in [0.29, 0.717) is 0 Å². The van der Waals surface area contributed by atoms with E-state index in [1.54, 1.807) is 0 Å². The Labute approximate surface area is 64.5 Å². The molecular formula is AsCuSSb. The molecule has 0 aromatic carbocycles. The van der Waals surface area contributed by atoms with Crippen LogP contribution in [0.4, 0.5) is 0 Å². The normalized spacial score (nSPS) is 1.00. The molecule has 0 saturated carbocycles. The summed E-state index contributed by atoms with van der Waals surface area (Å²) in [5.74, 6) is 0. The van der Waals surface area contributed by atoms with Gasteiger partial charge in [0.05, 0.1) is 0 Å². The van der Waals surface area contributed by atoms with Gasteiger partial charge >= 0.3 is 30.2 Å². The van der Waals surface area contributed by atoms with Gasteiger partial charge in [-0.1, -0.05) is 0 Å². The van der Waals surface area contributed by atoms with Gasteiger partial charge in [0.15, 0.2) is 0 Å². The molecular weight excluding hydrogens is 292 g/mol. The second-order valence-electron chi connectivity index (χ2n) is 0. The fraction of sp³-hybridized carbons (Fsp3) is 0. The van der Waals surface area contributed by atoms with Crippen LogP contribution in [0.2, 0.25) is 0 Å². The van der Waals surface area contributed by atoms with Crippen LogP contribution in [0.1, 0.15) is 0 Å². The van der Waals surface area contributed by atoms with Gasteiger partial charge in [-0.2, -0.15) is 0 Å². The van der Waals surface area contributed by atoms with E-state index in [9.17, 15) is 0 Å². The Morgan fingerprint density at radius 1 is 1.25 bits per heavy atom. The maximum absolute atomic E-state index is 4.13. The van der Waals surface area contributed by atoms with Crippen LogP contribution in [0.15, 0.2) is 0 Å². The van der Waals surface area contributed by atoms with Gasteiger partial charge < -0.3 is 0 Å². The predicted molar refractivity (Wildman–Crippen MR) is 19.1 cm³/mol. The van der Waals surface area contributed by atoms with Crippen LogP contribution >= 0.6 is 9.19 Å². The van der Waals surface area contributed by atoms with E-state index in [-0.39, 0.29) is 35.0 Å². The maximum atomic E-state index is 4.13. The second-order valence-corrected chi connectivity index (χ2v) is 0. The molecule has 0 fully saturated rings. The monoisotopic (exact) mass is 291 g/mol. The Morgan fingerprint density at radius 2 is 1.25 bits per heavy atom. The van der Waals surface area contributed by atoms with Crippen LogP contribution in [0.3, 0.4) is 0 Å². The minimum atomic E-state index is 0. The van der Waals surface area contributed by atoms with E-state index < -0.39 is 0 Å². The van der Waals surface area contributed by atoms with Crippen LogP contribution in [0, 0.1) is 0 Å². The first-order chi connectivity index (χ1) is 1.00. The van der Waals surface area contributed by atoms with E-state index in [1.165, 1.54) is 21.1 Å². The molecule has 0 amide bonds. The first-order valence-corrected chi connectivity index (χ1v) is 3.67. The third-order valence-corrected chi connectivity index (χ3v) is 0. The quantitative estimate of drug-likeness (QED) is 0.561. The average molecular weight is 292 g/mol. The molecule has 4 heteroatoms. The van der Waals surface area contributed by atoms with Crippen LogP contribution in [-0.2, 0) is 17.1 Å². The molecule has 0 nitrogen and oxygen atoms in total. The molecule has 0 rings (SSSR count). The zero-order valence-corrected chi connectivity index (χ0v) is 7.79. The molecule has 0 atom stereocenters. The third kappa shape index (κ3) is 8.93. The van der Waals surface area contributed by atoms with Gasteiger partial charge in [0.2, 0.25) is 0 Å². The van der Waals surface area contributed by atoms with Crippen molar-refractivity contribution in [1.82, 2.24) is 0 Å². The number of hydrogen-bond donors (Lipinski definition) is 0. The molecule has 0 saturated heterocycles. The molecule has 0 N–H and O–H groups in total. The summed E-state index contributed by atoms with van der Waals surface area (Å²) < 4.78 is 0. The van der Waals surface area contributed by atoms with E-state index in [1.807, 2.05) is 0 Å². The fourth-order valence-corrected chi connectivity index (χ4v) is 0. The van der Waals surface area contributed by atoms with Gasteiger partial charge in [-0.25, -0.2) is 0 Å². The summed E-state index contributed by atoms with van der Waals surface area (Å²) in [6.07, 6.45) is 0. The molecule has 0 heterocycles. The van der Waals surface area contributed by atoms with Crippen molar-refractivity contribution in [3.05, 3.63) is 0 Å². The van der Waals surface area contributed by atoms with Crippen molar-refractivity contribution in [1.29, 1.82) is 0 Å². The van der Waals surface area contributed by atoms with Gasteiger partial charge in [0.25, 0.3) is 0 Å². The first kappa shape index (κ1) is 16.5. The van der Waals surface area contributed by atoms with Gasteiger partial charge in [-0.3, -0.25) is 0 Å². The Hall–Kier alpha value is 2.12. The van der Waals surface area contributed by atoms with Crippen molar-refractivity contribution >= 4 is 48.2 Å². The Kier molecular flexibility index (Phi) is 79.8. The molecule has 4 heavy (non-hydrogen) atoms. The van der Waals surface area contributed by atoms with Crippen LogP contribution < -0.4 is 0 Å². The number of rotatable bonds is 0. The number of hydrogen-bond acceptors (Lipinski definition) is 1. The zero-order valence-electron chi connectivity index (χ0n) is 1.60. The van der Waals surface area contributed by atoms with Crippen molar-refractivity contribution in [2.45, 2.75) is 0 Å². The molecule has 0 unspecified atom stereocenters. The van der Waals surface area contributed by atoms with E-state index >= 15 is 0 Å². The second kappa shape index (κ2) is 19.4. The Balaban J connectivity index is -0.00000000500. The molecule has 0 aromatic heterocycles. The van der Waals surface area contributed by atoms with Crippen molar-refractivity contribution in [2.24, 2.45) is 0 Å². The van der Waals surface area contributed by atoms with Gasteiger partial charge in [-0.05, 0) is 0 Å². The first-order valence-electron chi connectivity index (χ1n) is 0.183. The van der Waals surface area contributed by atoms with Gasteiger partial charge in [0.1, 0.15) is 0 Å². The predicted octanol–water partition coefficient (Wildman–Crippen LogP) is -0.116. The molecule has 0 aliphatic carbocycles. The molecule has 0 spiro atoms. The summed E-state index contributed by atoms with van der Waals surface area (Å²) >= 11 is 1.33. The summed E-state index contributed by atoms with van der Waals surface area (Å²) in [4.78, 5) is 0. The molecule has 27 valence electrons. The third-order valence-electron chi connectivity index (χ3n) is 0. The summed E-state index contributed by atoms with van der Waals surface area (Å²) in [6, 6.07) is 0. The fourth-order valence-electron chi connectivity index (χ4n) is 0. The van der Waals surface area contributed by atoms with Gasteiger partial charge in [-0.15, -0.1) is 0 Å². The van der Waals surface area contributed by atoms with Crippen molar-refractivity contribution in [3.8, 4) is 0 Å². The summed E-state index contributed by atoms with van der Waals surface area (Å²) in [5, 5.41) is 0. The average Bonchev–Trinajstić information content (AvgIpc) is 1.00. The molecule has 0 bridgehead atoms. The van der Waals surface area contributed by atoms with Crippen molar-refractivity contribution in [3.63, 3.8) is 0 Å². The van der Waals surface area contributed by atoms with Crippen molar-refractivity contribution in [2.75, 3.05) is 0 Å².